The van der Waals surface area contributed by atoms with E-state index in [0.29, 0.717) is 11.6 Å². The van der Waals surface area contributed by atoms with Crippen molar-refractivity contribution in [1.29, 1.82) is 0 Å². The van der Waals surface area contributed by atoms with Crippen LogP contribution in [0, 0.1) is 0 Å². The van der Waals surface area contributed by atoms with Gasteiger partial charge in [-0.05, 0) is 30.8 Å². The fraction of sp³-hybridized carbons (Fsp3) is 0.308. The number of hydrogen-bond donors (Lipinski definition) is 1. The first-order chi connectivity index (χ1) is 8.65. The standard InChI is InChI=1S/C13H16ClN3O/c1-17-12(8-10(16-17)5-6-15)11-7-9(14)3-4-13(11)18-2/h3-4,7-8H,5-6,15H2,1-2H3. The number of aromatic nitrogens is 2. The van der Waals surface area contributed by atoms with E-state index in [1.807, 2.05) is 29.9 Å². The second-order valence-electron chi connectivity index (χ2n) is 4.03. The van der Waals surface area contributed by atoms with E-state index >= 15 is 0 Å². The molecule has 0 saturated heterocycles. The van der Waals surface area contributed by atoms with Gasteiger partial charge < -0.3 is 10.5 Å². The van der Waals surface area contributed by atoms with Gasteiger partial charge in [-0.2, -0.15) is 5.10 Å². The molecule has 0 spiro atoms. The summed E-state index contributed by atoms with van der Waals surface area (Å²) in [6, 6.07) is 7.55. The van der Waals surface area contributed by atoms with Crippen molar-refractivity contribution in [2.45, 2.75) is 6.42 Å². The van der Waals surface area contributed by atoms with E-state index in [2.05, 4.69) is 5.10 Å². The Balaban J connectivity index is 2.50. The van der Waals surface area contributed by atoms with E-state index in [4.69, 9.17) is 22.1 Å². The third-order valence-electron chi connectivity index (χ3n) is 2.77. The predicted molar refractivity (Wildman–Crippen MR) is 73.0 cm³/mol. The first-order valence-electron chi connectivity index (χ1n) is 5.72. The quantitative estimate of drug-likeness (QED) is 0.923. The summed E-state index contributed by atoms with van der Waals surface area (Å²) < 4.78 is 7.17. The number of aryl methyl sites for hydroxylation is 1. The van der Waals surface area contributed by atoms with Crippen LogP contribution in [0.5, 0.6) is 5.75 Å². The van der Waals surface area contributed by atoms with Gasteiger partial charge in [0.05, 0.1) is 18.5 Å². The monoisotopic (exact) mass is 265 g/mol. The number of benzene rings is 1. The van der Waals surface area contributed by atoms with E-state index in [1.165, 1.54) is 0 Å². The van der Waals surface area contributed by atoms with Crippen molar-refractivity contribution in [2.24, 2.45) is 12.8 Å². The van der Waals surface area contributed by atoms with E-state index < -0.39 is 0 Å². The Morgan fingerprint density at radius 3 is 2.83 bits per heavy atom. The average molecular weight is 266 g/mol. The predicted octanol–water partition coefficient (Wildman–Crippen LogP) is 2.25. The lowest BCUT2D eigenvalue weighted by Crippen LogP contribution is -2.03. The molecule has 0 aliphatic rings. The third kappa shape index (κ3) is 2.49. The van der Waals surface area contributed by atoms with Crippen molar-refractivity contribution >= 4 is 11.6 Å². The second kappa shape index (κ2) is 5.42. The highest BCUT2D eigenvalue weighted by Crippen LogP contribution is 2.32. The molecule has 0 bridgehead atoms. The van der Waals surface area contributed by atoms with Gasteiger partial charge in [0, 0.05) is 24.1 Å². The number of ether oxygens (including phenoxy) is 1. The van der Waals surface area contributed by atoms with Crippen LogP contribution < -0.4 is 10.5 Å². The number of hydrogen-bond acceptors (Lipinski definition) is 3. The molecule has 4 nitrogen and oxygen atoms in total. The van der Waals surface area contributed by atoms with Gasteiger partial charge in [-0.25, -0.2) is 0 Å². The molecule has 1 aromatic carbocycles. The molecule has 0 saturated carbocycles. The van der Waals surface area contributed by atoms with Crippen molar-refractivity contribution in [3.8, 4) is 17.0 Å². The zero-order valence-electron chi connectivity index (χ0n) is 10.5. The number of rotatable bonds is 4. The van der Waals surface area contributed by atoms with Crippen LogP contribution in [0.2, 0.25) is 5.02 Å². The van der Waals surface area contributed by atoms with Crippen LogP contribution in [0.25, 0.3) is 11.3 Å². The Labute approximate surface area is 111 Å². The minimum atomic E-state index is 0.586. The van der Waals surface area contributed by atoms with Crippen molar-refractivity contribution in [2.75, 3.05) is 13.7 Å². The van der Waals surface area contributed by atoms with Gasteiger partial charge in [-0.1, -0.05) is 11.6 Å². The van der Waals surface area contributed by atoms with Crippen LogP contribution in [0.1, 0.15) is 5.69 Å². The number of nitrogens with zero attached hydrogens (tertiary/aromatic N) is 2. The number of methoxy groups -OCH3 is 1. The second-order valence-corrected chi connectivity index (χ2v) is 4.46. The molecule has 0 aliphatic heterocycles. The van der Waals surface area contributed by atoms with Gasteiger partial charge in [0.15, 0.2) is 0 Å². The lowest BCUT2D eigenvalue weighted by atomic mass is 10.1. The highest BCUT2D eigenvalue weighted by molar-refractivity contribution is 6.30. The molecule has 1 heterocycles. The number of halogens is 1. The van der Waals surface area contributed by atoms with Gasteiger partial charge in [-0.3, -0.25) is 4.68 Å². The summed E-state index contributed by atoms with van der Waals surface area (Å²) >= 11 is 6.04. The van der Waals surface area contributed by atoms with E-state index in [9.17, 15) is 0 Å². The maximum atomic E-state index is 6.04. The maximum Gasteiger partial charge on any atom is 0.128 e. The normalized spacial score (nSPS) is 10.7. The molecule has 0 fully saturated rings. The molecular formula is C13H16ClN3O. The molecule has 0 radical (unpaired) electrons. The van der Waals surface area contributed by atoms with Crippen LogP contribution in [0.4, 0.5) is 0 Å². The Bertz CT molecular complexity index is 551. The minimum Gasteiger partial charge on any atom is -0.496 e. The molecule has 2 aromatic rings. The summed E-state index contributed by atoms with van der Waals surface area (Å²) in [4.78, 5) is 0. The fourth-order valence-electron chi connectivity index (χ4n) is 1.93. The molecule has 0 aliphatic carbocycles. The average Bonchev–Trinajstić information content (AvgIpc) is 2.70. The number of nitrogens with two attached hydrogens (primary N) is 1. The van der Waals surface area contributed by atoms with Gasteiger partial charge in [0.25, 0.3) is 0 Å². The van der Waals surface area contributed by atoms with Crippen molar-refractivity contribution in [3.05, 3.63) is 35.0 Å². The van der Waals surface area contributed by atoms with Crippen LogP contribution in [0.3, 0.4) is 0 Å². The van der Waals surface area contributed by atoms with Gasteiger partial charge in [0.1, 0.15) is 5.75 Å². The summed E-state index contributed by atoms with van der Waals surface area (Å²) in [5.74, 6) is 0.779. The molecule has 5 heteroatoms. The Morgan fingerprint density at radius 2 is 2.17 bits per heavy atom. The Kier molecular flexibility index (Phi) is 3.89. The molecule has 18 heavy (non-hydrogen) atoms. The van der Waals surface area contributed by atoms with Crippen molar-refractivity contribution in [1.82, 2.24) is 9.78 Å². The van der Waals surface area contributed by atoms with Crippen LogP contribution in [0.15, 0.2) is 24.3 Å². The van der Waals surface area contributed by atoms with Crippen LogP contribution in [-0.2, 0) is 13.5 Å². The van der Waals surface area contributed by atoms with Crippen molar-refractivity contribution < 1.29 is 4.74 Å². The summed E-state index contributed by atoms with van der Waals surface area (Å²) in [5.41, 5.74) is 8.42. The smallest absolute Gasteiger partial charge is 0.128 e. The summed E-state index contributed by atoms with van der Waals surface area (Å²) in [5, 5.41) is 5.09. The molecule has 0 amide bonds. The SMILES string of the molecule is COc1ccc(Cl)cc1-c1cc(CCN)nn1C. The lowest BCUT2D eigenvalue weighted by molar-refractivity contribution is 0.416. The summed E-state index contributed by atoms with van der Waals surface area (Å²) in [6.45, 7) is 0.586. The molecule has 0 unspecified atom stereocenters. The van der Waals surface area contributed by atoms with Crippen LogP contribution in [-0.4, -0.2) is 23.4 Å². The molecular weight excluding hydrogens is 250 g/mol. The first-order valence-corrected chi connectivity index (χ1v) is 6.10. The van der Waals surface area contributed by atoms with Gasteiger partial charge in [0.2, 0.25) is 0 Å². The Hall–Kier alpha value is -1.52. The van der Waals surface area contributed by atoms with E-state index in [0.717, 1.165) is 29.1 Å². The zero-order valence-corrected chi connectivity index (χ0v) is 11.2. The fourth-order valence-corrected chi connectivity index (χ4v) is 2.10. The topological polar surface area (TPSA) is 53.1 Å². The molecule has 2 N–H and O–H groups in total. The largest absolute Gasteiger partial charge is 0.496 e. The van der Waals surface area contributed by atoms with Gasteiger partial charge in [-0.15, -0.1) is 0 Å². The summed E-state index contributed by atoms with van der Waals surface area (Å²) in [7, 11) is 3.54. The van der Waals surface area contributed by atoms with Crippen LogP contribution >= 0.6 is 11.6 Å². The minimum absolute atomic E-state index is 0.586. The van der Waals surface area contributed by atoms with E-state index in [1.54, 1.807) is 13.2 Å². The first kappa shape index (κ1) is 12.9. The highest BCUT2D eigenvalue weighted by Gasteiger charge is 2.12. The Morgan fingerprint density at radius 1 is 1.39 bits per heavy atom. The lowest BCUT2D eigenvalue weighted by Gasteiger charge is -2.08. The molecule has 96 valence electrons. The molecule has 2 rings (SSSR count). The highest BCUT2D eigenvalue weighted by atomic mass is 35.5. The molecule has 1 aromatic heterocycles. The van der Waals surface area contributed by atoms with Crippen molar-refractivity contribution in [3.63, 3.8) is 0 Å². The van der Waals surface area contributed by atoms with Gasteiger partial charge >= 0.3 is 0 Å². The van der Waals surface area contributed by atoms with E-state index in [-0.39, 0.29) is 0 Å². The third-order valence-corrected chi connectivity index (χ3v) is 3.00. The summed E-state index contributed by atoms with van der Waals surface area (Å²) in [6.07, 6.45) is 0.761. The maximum absolute atomic E-state index is 6.04. The zero-order chi connectivity index (χ0) is 13.1. The molecule has 0 atom stereocenters.